The molecule has 1 rings (SSSR count). The molecule has 0 radical (unpaired) electrons. The molecule has 0 aliphatic rings. The van der Waals surface area contributed by atoms with Gasteiger partial charge in [0, 0.05) is 25.2 Å². The Bertz CT molecular complexity index is 428. The SMILES string of the molecule is CCN(CC)C(=O)CCN=C(NN)Nc1ccccc1. The van der Waals surface area contributed by atoms with Gasteiger partial charge in [-0.2, -0.15) is 0 Å². The first-order valence-electron chi connectivity index (χ1n) is 6.82. The number of nitrogens with two attached hydrogens (primary N) is 1. The van der Waals surface area contributed by atoms with E-state index in [9.17, 15) is 4.79 Å². The van der Waals surface area contributed by atoms with Gasteiger partial charge in [0.15, 0.2) is 0 Å². The van der Waals surface area contributed by atoms with Crippen molar-refractivity contribution in [2.24, 2.45) is 10.8 Å². The third kappa shape index (κ3) is 5.27. The molecular weight excluding hydrogens is 254 g/mol. The Morgan fingerprint density at radius 3 is 2.45 bits per heavy atom. The molecule has 110 valence electrons. The third-order valence-electron chi connectivity index (χ3n) is 2.88. The van der Waals surface area contributed by atoms with Crippen LogP contribution in [0.4, 0.5) is 5.69 Å². The molecule has 0 aromatic heterocycles. The van der Waals surface area contributed by atoms with Gasteiger partial charge in [0.2, 0.25) is 11.9 Å². The number of nitrogens with one attached hydrogen (secondary N) is 2. The molecule has 20 heavy (non-hydrogen) atoms. The fourth-order valence-electron chi connectivity index (χ4n) is 1.78. The van der Waals surface area contributed by atoms with Gasteiger partial charge in [-0.3, -0.25) is 15.2 Å². The summed E-state index contributed by atoms with van der Waals surface area (Å²) in [5.74, 6) is 5.97. The zero-order valence-electron chi connectivity index (χ0n) is 12.1. The number of hydrazine groups is 1. The molecule has 0 heterocycles. The first kappa shape index (κ1) is 16.0. The number of carbonyl (C=O) groups excluding carboxylic acids is 1. The molecule has 1 aromatic rings. The van der Waals surface area contributed by atoms with E-state index in [0.29, 0.717) is 18.9 Å². The average Bonchev–Trinajstić information content (AvgIpc) is 2.48. The first-order chi connectivity index (χ1) is 9.71. The van der Waals surface area contributed by atoms with Gasteiger partial charge in [-0.1, -0.05) is 18.2 Å². The molecule has 0 atom stereocenters. The number of aliphatic imine (C=N–C) groups is 1. The lowest BCUT2D eigenvalue weighted by Gasteiger charge is -2.18. The maximum absolute atomic E-state index is 11.8. The van der Waals surface area contributed by atoms with Crippen LogP contribution in [0.3, 0.4) is 0 Å². The predicted octanol–water partition coefficient (Wildman–Crippen LogP) is 1.18. The van der Waals surface area contributed by atoms with Gasteiger partial charge in [-0.25, -0.2) is 5.84 Å². The molecule has 0 bridgehead atoms. The van der Waals surface area contributed by atoms with Crippen molar-refractivity contribution in [3.8, 4) is 0 Å². The van der Waals surface area contributed by atoms with Crippen LogP contribution in [0.2, 0.25) is 0 Å². The molecule has 4 N–H and O–H groups in total. The third-order valence-corrected chi connectivity index (χ3v) is 2.88. The first-order valence-corrected chi connectivity index (χ1v) is 6.82. The van der Waals surface area contributed by atoms with Crippen molar-refractivity contribution in [3.63, 3.8) is 0 Å². The van der Waals surface area contributed by atoms with Crippen molar-refractivity contribution in [2.45, 2.75) is 20.3 Å². The van der Waals surface area contributed by atoms with Gasteiger partial charge >= 0.3 is 0 Å². The lowest BCUT2D eigenvalue weighted by molar-refractivity contribution is -0.130. The van der Waals surface area contributed by atoms with Crippen LogP contribution in [0.1, 0.15) is 20.3 Å². The van der Waals surface area contributed by atoms with Crippen LogP contribution in [0.5, 0.6) is 0 Å². The number of para-hydroxylation sites is 1. The summed E-state index contributed by atoms with van der Waals surface area (Å²) in [6.07, 6.45) is 0.378. The van der Waals surface area contributed by atoms with E-state index in [2.05, 4.69) is 15.7 Å². The average molecular weight is 277 g/mol. The van der Waals surface area contributed by atoms with Crippen LogP contribution < -0.4 is 16.6 Å². The predicted molar refractivity (Wildman–Crippen MR) is 82.2 cm³/mol. The summed E-state index contributed by atoms with van der Waals surface area (Å²) in [5.41, 5.74) is 3.38. The highest BCUT2D eigenvalue weighted by Crippen LogP contribution is 2.04. The minimum Gasteiger partial charge on any atom is -0.343 e. The molecule has 0 aliphatic heterocycles. The smallest absolute Gasteiger partial charge is 0.224 e. The highest BCUT2D eigenvalue weighted by molar-refractivity contribution is 5.93. The van der Waals surface area contributed by atoms with Gasteiger partial charge in [0.1, 0.15) is 0 Å². The lowest BCUT2D eigenvalue weighted by Crippen LogP contribution is -2.37. The molecule has 1 amide bonds. The summed E-state index contributed by atoms with van der Waals surface area (Å²) in [6.45, 7) is 5.78. The molecule has 0 aliphatic carbocycles. The van der Waals surface area contributed by atoms with E-state index in [4.69, 9.17) is 5.84 Å². The van der Waals surface area contributed by atoms with E-state index < -0.39 is 0 Å². The highest BCUT2D eigenvalue weighted by Gasteiger charge is 2.08. The summed E-state index contributed by atoms with van der Waals surface area (Å²) >= 11 is 0. The number of amides is 1. The number of guanidine groups is 1. The van der Waals surface area contributed by atoms with Crippen molar-refractivity contribution in [1.82, 2.24) is 10.3 Å². The van der Waals surface area contributed by atoms with Gasteiger partial charge in [0.25, 0.3) is 0 Å². The molecular formula is C14H23N5O. The molecule has 1 aromatic carbocycles. The maximum Gasteiger partial charge on any atom is 0.224 e. The van der Waals surface area contributed by atoms with Crippen molar-refractivity contribution in [1.29, 1.82) is 0 Å². The van der Waals surface area contributed by atoms with Gasteiger partial charge in [-0.15, -0.1) is 0 Å². The van der Waals surface area contributed by atoms with Crippen molar-refractivity contribution in [2.75, 3.05) is 25.0 Å². The normalized spacial score (nSPS) is 11.1. The number of anilines is 1. The van der Waals surface area contributed by atoms with Crippen LogP contribution in [0.25, 0.3) is 0 Å². The second-order valence-electron chi connectivity index (χ2n) is 4.18. The monoisotopic (exact) mass is 277 g/mol. The second kappa shape index (κ2) is 8.92. The Hall–Kier alpha value is -2.08. The number of benzene rings is 1. The summed E-state index contributed by atoms with van der Waals surface area (Å²) in [6, 6.07) is 9.59. The Labute approximate surface area is 120 Å². The standard InChI is InChI=1S/C14H23N5O/c1-3-19(4-2)13(20)10-11-16-14(18-15)17-12-8-6-5-7-9-12/h5-9H,3-4,10-11,15H2,1-2H3,(H2,16,17,18). The Balaban J connectivity index is 2.48. The fourth-order valence-corrected chi connectivity index (χ4v) is 1.78. The van der Waals surface area contributed by atoms with Crippen LogP contribution in [0, 0.1) is 0 Å². The molecule has 0 saturated heterocycles. The summed E-state index contributed by atoms with van der Waals surface area (Å²) < 4.78 is 0. The van der Waals surface area contributed by atoms with Crippen molar-refractivity contribution >= 4 is 17.6 Å². The van der Waals surface area contributed by atoms with Crippen molar-refractivity contribution < 1.29 is 4.79 Å². The quantitative estimate of drug-likeness (QED) is 0.315. The molecule has 0 spiro atoms. The van der Waals surface area contributed by atoms with Crippen LogP contribution >= 0.6 is 0 Å². The minimum atomic E-state index is 0.106. The number of nitrogens with zero attached hydrogens (tertiary/aromatic N) is 2. The summed E-state index contributed by atoms with van der Waals surface area (Å²) in [5, 5.41) is 3.05. The van der Waals surface area contributed by atoms with Gasteiger partial charge in [-0.05, 0) is 26.0 Å². The van der Waals surface area contributed by atoms with E-state index >= 15 is 0 Å². The number of rotatable bonds is 6. The second-order valence-corrected chi connectivity index (χ2v) is 4.18. The Kier molecular flexibility index (Phi) is 7.13. The van der Waals surface area contributed by atoms with Gasteiger partial charge in [0.05, 0.1) is 6.54 Å². The van der Waals surface area contributed by atoms with E-state index in [1.165, 1.54) is 0 Å². The largest absolute Gasteiger partial charge is 0.343 e. The van der Waals surface area contributed by atoms with E-state index in [-0.39, 0.29) is 5.91 Å². The molecule has 0 fully saturated rings. The van der Waals surface area contributed by atoms with Gasteiger partial charge < -0.3 is 10.2 Å². The minimum absolute atomic E-state index is 0.106. The van der Waals surface area contributed by atoms with Crippen LogP contribution in [0.15, 0.2) is 35.3 Å². The number of hydrogen-bond donors (Lipinski definition) is 3. The molecule has 6 nitrogen and oxygen atoms in total. The van der Waals surface area contributed by atoms with E-state index in [1.54, 1.807) is 4.90 Å². The maximum atomic E-state index is 11.8. The van der Waals surface area contributed by atoms with E-state index in [1.807, 2.05) is 44.2 Å². The van der Waals surface area contributed by atoms with Crippen molar-refractivity contribution in [3.05, 3.63) is 30.3 Å². The number of hydrogen-bond acceptors (Lipinski definition) is 3. The van der Waals surface area contributed by atoms with Crippen LogP contribution in [-0.2, 0) is 4.79 Å². The Morgan fingerprint density at radius 1 is 1.25 bits per heavy atom. The number of carbonyl (C=O) groups is 1. The van der Waals surface area contributed by atoms with E-state index in [0.717, 1.165) is 18.8 Å². The molecule has 6 heteroatoms. The highest BCUT2D eigenvalue weighted by atomic mass is 16.2. The topological polar surface area (TPSA) is 82.8 Å². The molecule has 0 unspecified atom stereocenters. The summed E-state index contributed by atoms with van der Waals surface area (Å²) in [4.78, 5) is 17.9. The fraction of sp³-hybridized carbons (Fsp3) is 0.429. The zero-order chi connectivity index (χ0) is 14.8. The Morgan fingerprint density at radius 2 is 1.90 bits per heavy atom. The summed E-state index contributed by atoms with van der Waals surface area (Å²) in [7, 11) is 0. The van der Waals surface area contributed by atoms with Crippen LogP contribution in [-0.4, -0.2) is 36.4 Å². The lowest BCUT2D eigenvalue weighted by atomic mass is 10.3. The zero-order valence-corrected chi connectivity index (χ0v) is 12.1. The molecule has 0 saturated carbocycles.